The van der Waals surface area contributed by atoms with Crippen LogP contribution < -0.4 is 0 Å². The summed E-state index contributed by atoms with van der Waals surface area (Å²) >= 11 is 0. The van der Waals surface area contributed by atoms with Crippen LogP contribution in [0.1, 0.15) is 53.4 Å². The summed E-state index contributed by atoms with van der Waals surface area (Å²) < 4.78 is 0. The molecule has 0 amide bonds. The molecule has 0 heteroatoms. The van der Waals surface area contributed by atoms with E-state index >= 15 is 0 Å². The lowest BCUT2D eigenvalue weighted by Crippen LogP contribution is -2.46. The number of hydrogen-bond donors (Lipinski definition) is 0. The van der Waals surface area contributed by atoms with E-state index in [-0.39, 0.29) is 0 Å². The second-order valence-electron chi connectivity index (χ2n) is 6.88. The minimum atomic E-state index is 0.587. The first-order valence-corrected chi connectivity index (χ1v) is 6.67. The molecule has 0 aromatic heterocycles. The first-order valence-electron chi connectivity index (χ1n) is 6.67. The summed E-state index contributed by atoms with van der Waals surface area (Å²) in [6.45, 7) is 10.0. The lowest BCUT2D eigenvalue weighted by molar-refractivity contribution is -0.0341. The van der Waals surface area contributed by atoms with Crippen LogP contribution in [0.3, 0.4) is 0 Å². The van der Waals surface area contributed by atoms with Crippen LogP contribution in [0.2, 0.25) is 0 Å². The van der Waals surface area contributed by atoms with Crippen molar-refractivity contribution >= 4 is 0 Å². The van der Waals surface area contributed by atoms with Crippen LogP contribution in [-0.4, -0.2) is 0 Å². The highest BCUT2D eigenvalue weighted by atomic mass is 14.7. The third-order valence-corrected chi connectivity index (χ3v) is 6.50. The molecule has 15 heavy (non-hydrogen) atoms. The van der Waals surface area contributed by atoms with Crippen LogP contribution in [-0.2, 0) is 0 Å². The Morgan fingerprint density at radius 2 is 2.00 bits per heavy atom. The number of hydrogen-bond acceptors (Lipinski definition) is 0. The smallest absolute Gasteiger partial charge is 0.0118 e. The quantitative estimate of drug-likeness (QED) is 0.513. The molecule has 3 rings (SSSR count). The Hall–Kier alpha value is -0.260. The van der Waals surface area contributed by atoms with Crippen molar-refractivity contribution in [2.45, 2.75) is 53.4 Å². The predicted molar refractivity (Wildman–Crippen MR) is 64.6 cm³/mol. The van der Waals surface area contributed by atoms with Gasteiger partial charge in [0.2, 0.25) is 0 Å². The molecule has 0 unspecified atom stereocenters. The summed E-state index contributed by atoms with van der Waals surface area (Å²) in [6.07, 6.45) is 8.36. The molecule has 0 radical (unpaired) electrons. The Labute approximate surface area is 94.1 Å². The van der Waals surface area contributed by atoms with Gasteiger partial charge in [0.1, 0.15) is 0 Å². The molecule has 0 saturated heterocycles. The van der Waals surface area contributed by atoms with Crippen molar-refractivity contribution in [2.75, 3.05) is 0 Å². The van der Waals surface area contributed by atoms with Gasteiger partial charge < -0.3 is 0 Å². The summed E-state index contributed by atoms with van der Waals surface area (Å²) in [6, 6.07) is 0. The van der Waals surface area contributed by atoms with Gasteiger partial charge in [-0.3, -0.25) is 0 Å². The van der Waals surface area contributed by atoms with Gasteiger partial charge >= 0.3 is 0 Å². The minimum Gasteiger partial charge on any atom is -0.0847 e. The van der Waals surface area contributed by atoms with Crippen LogP contribution in [0.4, 0.5) is 0 Å². The van der Waals surface area contributed by atoms with Gasteiger partial charge in [0.05, 0.1) is 0 Å². The average molecular weight is 204 g/mol. The van der Waals surface area contributed by atoms with Crippen LogP contribution in [0.25, 0.3) is 0 Å². The van der Waals surface area contributed by atoms with Gasteiger partial charge in [-0.15, -0.1) is 0 Å². The average Bonchev–Trinajstić information content (AvgIpc) is 2.53. The summed E-state index contributed by atoms with van der Waals surface area (Å²) in [5.74, 6) is 2.86. The van der Waals surface area contributed by atoms with Gasteiger partial charge in [0.25, 0.3) is 0 Å². The van der Waals surface area contributed by atoms with Crippen LogP contribution >= 0.6 is 0 Å². The lowest BCUT2D eigenvalue weighted by atomic mass is 9.52. The summed E-state index contributed by atoms with van der Waals surface area (Å²) in [7, 11) is 0. The van der Waals surface area contributed by atoms with Crippen molar-refractivity contribution in [1.29, 1.82) is 0 Å². The third kappa shape index (κ3) is 0.905. The normalized spacial score (nSPS) is 51.5. The monoisotopic (exact) mass is 204 g/mol. The second-order valence-corrected chi connectivity index (χ2v) is 6.88. The fourth-order valence-electron chi connectivity index (χ4n) is 5.46. The number of rotatable bonds is 0. The standard InChI is InChI=1S/C15H24/c1-10-7-8-15-11(2)5-6-12(9-13(10)15)14(15,3)4/h7,11-13H,5-6,8-9H2,1-4H3/t11-,12-,13-,15+/m0/s1. The van der Waals surface area contributed by atoms with E-state index in [1.165, 1.54) is 25.7 Å². The van der Waals surface area contributed by atoms with E-state index < -0.39 is 0 Å². The molecule has 0 nitrogen and oxygen atoms in total. The molecule has 0 aromatic rings. The highest BCUT2D eigenvalue weighted by Crippen LogP contribution is 2.72. The zero-order chi connectivity index (χ0) is 10.8. The van der Waals surface area contributed by atoms with Crippen molar-refractivity contribution in [3.63, 3.8) is 0 Å². The van der Waals surface area contributed by atoms with Crippen molar-refractivity contribution in [1.82, 2.24) is 0 Å². The fraction of sp³-hybridized carbons (Fsp3) is 0.867. The zero-order valence-electron chi connectivity index (χ0n) is 10.6. The molecular formula is C15H24. The van der Waals surface area contributed by atoms with Gasteiger partial charge in [-0.1, -0.05) is 32.4 Å². The first-order chi connectivity index (χ1) is 7.00. The Bertz CT molecular complexity index is 323. The molecule has 3 aliphatic carbocycles. The van der Waals surface area contributed by atoms with Crippen molar-refractivity contribution in [3.8, 4) is 0 Å². The molecule has 3 aliphatic rings. The van der Waals surface area contributed by atoms with Crippen molar-refractivity contribution in [3.05, 3.63) is 11.6 Å². The Morgan fingerprint density at radius 3 is 2.73 bits per heavy atom. The topological polar surface area (TPSA) is 0 Å². The molecule has 4 atom stereocenters. The van der Waals surface area contributed by atoms with Crippen molar-refractivity contribution < 1.29 is 0 Å². The van der Waals surface area contributed by atoms with Gasteiger partial charge in [0, 0.05) is 0 Å². The maximum absolute atomic E-state index is 2.56. The van der Waals surface area contributed by atoms with E-state index in [4.69, 9.17) is 0 Å². The summed E-state index contributed by atoms with van der Waals surface area (Å²) in [5, 5.41) is 0. The van der Waals surface area contributed by atoms with Gasteiger partial charge in [-0.2, -0.15) is 0 Å². The molecule has 0 N–H and O–H groups in total. The molecule has 2 fully saturated rings. The van der Waals surface area contributed by atoms with E-state index in [9.17, 15) is 0 Å². The van der Waals surface area contributed by atoms with Crippen molar-refractivity contribution in [2.24, 2.45) is 28.6 Å². The Kier molecular flexibility index (Phi) is 1.79. The van der Waals surface area contributed by atoms with Crippen LogP contribution in [0, 0.1) is 28.6 Å². The summed E-state index contributed by atoms with van der Waals surface area (Å²) in [5.41, 5.74) is 2.93. The molecule has 0 heterocycles. The molecule has 2 saturated carbocycles. The van der Waals surface area contributed by atoms with E-state index in [1.807, 2.05) is 0 Å². The fourth-order valence-corrected chi connectivity index (χ4v) is 5.46. The molecule has 0 aliphatic heterocycles. The molecule has 2 bridgehead atoms. The van der Waals surface area contributed by atoms with Gasteiger partial charge in [-0.05, 0) is 61.2 Å². The molecule has 1 spiro atoms. The largest absolute Gasteiger partial charge is 0.0847 e. The first kappa shape index (κ1) is 9.93. The SMILES string of the molecule is CC1=CC[C@@]23[C@@H](C)CC[C@@H](C[C@@H]12)C3(C)C. The second kappa shape index (κ2) is 2.70. The highest BCUT2D eigenvalue weighted by Gasteiger charge is 2.65. The van der Waals surface area contributed by atoms with Crippen LogP contribution in [0.5, 0.6) is 0 Å². The molecule has 84 valence electrons. The zero-order valence-corrected chi connectivity index (χ0v) is 10.6. The van der Waals surface area contributed by atoms with E-state index in [0.29, 0.717) is 10.8 Å². The minimum absolute atomic E-state index is 0.587. The van der Waals surface area contributed by atoms with E-state index in [0.717, 1.165) is 17.8 Å². The molecular weight excluding hydrogens is 180 g/mol. The maximum Gasteiger partial charge on any atom is -0.0118 e. The third-order valence-electron chi connectivity index (χ3n) is 6.50. The van der Waals surface area contributed by atoms with Gasteiger partial charge in [-0.25, -0.2) is 0 Å². The number of fused-ring (bicyclic) bond motifs is 1. The Morgan fingerprint density at radius 1 is 1.27 bits per heavy atom. The van der Waals surface area contributed by atoms with Crippen LogP contribution in [0.15, 0.2) is 11.6 Å². The lowest BCUT2D eigenvalue weighted by Gasteiger charge is -2.52. The highest BCUT2D eigenvalue weighted by molar-refractivity contribution is 5.28. The van der Waals surface area contributed by atoms with E-state index in [2.05, 4.69) is 33.8 Å². The maximum atomic E-state index is 2.56. The molecule has 0 aromatic carbocycles. The predicted octanol–water partition coefficient (Wildman–Crippen LogP) is 4.42. The van der Waals surface area contributed by atoms with E-state index in [1.54, 1.807) is 5.57 Å². The Balaban J connectivity index is 2.12. The summed E-state index contributed by atoms with van der Waals surface area (Å²) in [4.78, 5) is 0. The van der Waals surface area contributed by atoms with Gasteiger partial charge in [0.15, 0.2) is 0 Å². The number of allylic oxidation sites excluding steroid dienone is 2.